The second-order valence-corrected chi connectivity index (χ2v) is 6.45. The molecule has 0 bridgehead atoms. The molecule has 0 saturated heterocycles. The standard InChI is InChI=1S/C21H18F3N3O4/c1-3-16(25-13-6-4-5-12(11-13)21(22,23)24)17-18(28)26-20(30)27(19(17)29)14-7-9-15(31-2)10-8-14/h4-11,29H,3H2,1-2H3,(H,26,28,30). The Labute approximate surface area is 174 Å². The molecule has 0 unspecified atom stereocenters. The summed E-state index contributed by atoms with van der Waals surface area (Å²) in [5.74, 6) is -0.159. The summed E-state index contributed by atoms with van der Waals surface area (Å²) in [6, 6.07) is 10.4. The first kappa shape index (κ1) is 21.9. The van der Waals surface area contributed by atoms with Crippen LogP contribution in [0.5, 0.6) is 11.6 Å². The van der Waals surface area contributed by atoms with E-state index in [1.165, 1.54) is 31.4 Å². The van der Waals surface area contributed by atoms with Crippen LogP contribution in [0.1, 0.15) is 24.5 Å². The minimum atomic E-state index is -4.56. The van der Waals surface area contributed by atoms with Crippen molar-refractivity contribution in [3.05, 3.63) is 80.5 Å². The van der Waals surface area contributed by atoms with E-state index in [4.69, 9.17) is 4.74 Å². The van der Waals surface area contributed by atoms with E-state index in [0.717, 1.165) is 16.7 Å². The topological polar surface area (TPSA) is 96.7 Å². The summed E-state index contributed by atoms with van der Waals surface area (Å²) in [5.41, 5.74) is -2.78. The quantitative estimate of drug-likeness (QED) is 0.599. The largest absolute Gasteiger partial charge is 0.497 e. The number of aliphatic imine (C=N–C) groups is 1. The number of aromatic nitrogens is 2. The van der Waals surface area contributed by atoms with E-state index in [1.54, 1.807) is 19.1 Å². The predicted octanol–water partition coefficient (Wildman–Crippen LogP) is 3.79. The van der Waals surface area contributed by atoms with Gasteiger partial charge in [0.1, 0.15) is 11.3 Å². The summed E-state index contributed by atoms with van der Waals surface area (Å²) < 4.78 is 44.9. The Morgan fingerprint density at radius 1 is 1.16 bits per heavy atom. The molecule has 7 nitrogen and oxygen atoms in total. The molecule has 3 rings (SSSR count). The van der Waals surface area contributed by atoms with Gasteiger partial charge in [-0.3, -0.25) is 14.8 Å². The number of hydrogen-bond donors (Lipinski definition) is 2. The molecule has 0 atom stereocenters. The Bertz CT molecular complexity index is 1240. The molecular formula is C21H18F3N3O4. The Morgan fingerprint density at radius 2 is 1.84 bits per heavy atom. The van der Waals surface area contributed by atoms with Gasteiger partial charge in [0.15, 0.2) is 0 Å². The molecule has 10 heteroatoms. The van der Waals surface area contributed by atoms with E-state index in [2.05, 4.69) is 9.98 Å². The number of aromatic amines is 1. The van der Waals surface area contributed by atoms with Crippen LogP contribution in [0.25, 0.3) is 5.69 Å². The number of alkyl halides is 3. The summed E-state index contributed by atoms with van der Waals surface area (Å²) in [6.07, 6.45) is -4.45. The van der Waals surface area contributed by atoms with Crippen LogP contribution >= 0.6 is 0 Å². The second kappa shape index (κ2) is 8.50. The molecule has 0 aliphatic heterocycles. The lowest BCUT2D eigenvalue weighted by Gasteiger charge is -2.13. The number of aromatic hydroxyl groups is 1. The van der Waals surface area contributed by atoms with Gasteiger partial charge in [-0.25, -0.2) is 9.36 Å². The zero-order chi connectivity index (χ0) is 22.8. The monoisotopic (exact) mass is 433 g/mol. The van der Waals surface area contributed by atoms with Gasteiger partial charge in [-0.05, 0) is 48.9 Å². The molecule has 3 aromatic rings. The van der Waals surface area contributed by atoms with E-state index in [1.807, 2.05) is 0 Å². The van der Waals surface area contributed by atoms with Crippen LogP contribution in [0.4, 0.5) is 18.9 Å². The maximum Gasteiger partial charge on any atom is 0.416 e. The second-order valence-electron chi connectivity index (χ2n) is 6.45. The van der Waals surface area contributed by atoms with Crippen molar-refractivity contribution in [2.45, 2.75) is 19.5 Å². The van der Waals surface area contributed by atoms with Crippen LogP contribution < -0.4 is 16.0 Å². The highest BCUT2D eigenvalue weighted by atomic mass is 19.4. The highest BCUT2D eigenvalue weighted by molar-refractivity contribution is 6.03. The van der Waals surface area contributed by atoms with Gasteiger partial charge >= 0.3 is 11.9 Å². The van der Waals surface area contributed by atoms with E-state index < -0.39 is 28.9 Å². The van der Waals surface area contributed by atoms with E-state index in [9.17, 15) is 27.9 Å². The van der Waals surface area contributed by atoms with Crippen molar-refractivity contribution in [1.29, 1.82) is 0 Å². The molecule has 162 valence electrons. The van der Waals surface area contributed by atoms with E-state index >= 15 is 0 Å². The van der Waals surface area contributed by atoms with Gasteiger partial charge in [0.05, 0.1) is 29.8 Å². The number of H-pyrrole nitrogens is 1. The first-order valence-electron chi connectivity index (χ1n) is 9.13. The fourth-order valence-electron chi connectivity index (χ4n) is 2.98. The van der Waals surface area contributed by atoms with Crippen molar-refractivity contribution >= 4 is 11.4 Å². The molecule has 1 aromatic heterocycles. The first-order valence-corrected chi connectivity index (χ1v) is 9.13. The lowest BCUT2D eigenvalue weighted by atomic mass is 10.1. The Kier molecular flexibility index (Phi) is 6.00. The molecule has 1 heterocycles. The minimum Gasteiger partial charge on any atom is -0.497 e. The number of methoxy groups -OCH3 is 1. The zero-order valence-corrected chi connectivity index (χ0v) is 16.5. The summed E-state index contributed by atoms with van der Waals surface area (Å²) >= 11 is 0. The maximum absolute atomic E-state index is 13.0. The van der Waals surface area contributed by atoms with Gasteiger partial charge in [0.2, 0.25) is 5.88 Å². The molecule has 0 spiro atoms. The van der Waals surface area contributed by atoms with Gasteiger partial charge in [0.25, 0.3) is 5.56 Å². The summed E-state index contributed by atoms with van der Waals surface area (Å²) in [5, 5.41) is 10.7. The fourth-order valence-corrected chi connectivity index (χ4v) is 2.98. The number of nitrogens with one attached hydrogen (secondary N) is 1. The number of ether oxygens (including phenoxy) is 1. The van der Waals surface area contributed by atoms with Crippen LogP contribution in [0.3, 0.4) is 0 Å². The number of rotatable bonds is 5. The van der Waals surface area contributed by atoms with E-state index in [0.29, 0.717) is 5.75 Å². The predicted molar refractivity (Wildman–Crippen MR) is 109 cm³/mol. The molecule has 2 aromatic carbocycles. The molecule has 0 fully saturated rings. The van der Waals surface area contributed by atoms with Crippen molar-refractivity contribution < 1.29 is 23.0 Å². The SMILES string of the molecule is CCC(=Nc1cccc(C(F)(F)F)c1)c1c(O)n(-c2ccc(OC)cc2)c(=O)[nH]c1=O. The van der Waals surface area contributed by atoms with Crippen molar-refractivity contribution in [3.63, 3.8) is 0 Å². The highest BCUT2D eigenvalue weighted by Crippen LogP contribution is 2.32. The van der Waals surface area contributed by atoms with Crippen molar-refractivity contribution in [3.8, 4) is 17.3 Å². The highest BCUT2D eigenvalue weighted by Gasteiger charge is 2.30. The third kappa shape index (κ3) is 4.52. The van der Waals surface area contributed by atoms with Gasteiger partial charge in [0, 0.05) is 0 Å². The van der Waals surface area contributed by atoms with Gasteiger partial charge in [-0.15, -0.1) is 0 Å². The number of benzene rings is 2. The van der Waals surface area contributed by atoms with Crippen LogP contribution in [0.15, 0.2) is 63.1 Å². The summed E-state index contributed by atoms with van der Waals surface area (Å²) in [4.78, 5) is 31.0. The first-order chi connectivity index (χ1) is 14.7. The third-order valence-corrected chi connectivity index (χ3v) is 4.48. The molecule has 31 heavy (non-hydrogen) atoms. The smallest absolute Gasteiger partial charge is 0.416 e. The average Bonchev–Trinajstić information content (AvgIpc) is 2.72. The zero-order valence-electron chi connectivity index (χ0n) is 16.5. The third-order valence-electron chi connectivity index (χ3n) is 4.48. The lowest BCUT2D eigenvalue weighted by Crippen LogP contribution is -2.33. The number of hydrogen-bond acceptors (Lipinski definition) is 5. The van der Waals surface area contributed by atoms with Crippen molar-refractivity contribution in [1.82, 2.24) is 9.55 Å². The summed E-state index contributed by atoms with van der Waals surface area (Å²) in [6.45, 7) is 1.62. The van der Waals surface area contributed by atoms with Crippen LogP contribution in [-0.4, -0.2) is 27.5 Å². The molecule has 0 aliphatic carbocycles. The van der Waals surface area contributed by atoms with Gasteiger partial charge < -0.3 is 9.84 Å². The molecular weight excluding hydrogens is 415 g/mol. The van der Waals surface area contributed by atoms with E-state index in [-0.39, 0.29) is 29.1 Å². The molecule has 0 amide bonds. The van der Waals surface area contributed by atoms with Crippen LogP contribution in [0.2, 0.25) is 0 Å². The van der Waals surface area contributed by atoms with Crippen LogP contribution in [0, 0.1) is 0 Å². The van der Waals surface area contributed by atoms with Gasteiger partial charge in [-0.1, -0.05) is 13.0 Å². The fraction of sp³-hybridized carbons (Fsp3) is 0.190. The maximum atomic E-state index is 13.0. The molecule has 2 N–H and O–H groups in total. The normalized spacial score (nSPS) is 12.1. The lowest BCUT2D eigenvalue weighted by molar-refractivity contribution is -0.137. The van der Waals surface area contributed by atoms with Crippen molar-refractivity contribution in [2.24, 2.45) is 4.99 Å². The number of halogens is 3. The Morgan fingerprint density at radius 3 is 2.42 bits per heavy atom. The Balaban J connectivity index is 2.18. The van der Waals surface area contributed by atoms with Crippen molar-refractivity contribution in [2.75, 3.05) is 7.11 Å². The van der Waals surface area contributed by atoms with Crippen LogP contribution in [-0.2, 0) is 6.18 Å². The molecule has 0 aliphatic rings. The average molecular weight is 433 g/mol. The summed E-state index contributed by atoms with van der Waals surface area (Å²) in [7, 11) is 1.47. The minimum absolute atomic E-state index is 0.0142. The molecule has 0 saturated carbocycles. The number of nitrogens with zero attached hydrogens (tertiary/aromatic N) is 2. The molecule has 0 radical (unpaired) electrons. The van der Waals surface area contributed by atoms with Gasteiger partial charge in [-0.2, -0.15) is 13.2 Å². The Hall–Kier alpha value is -3.82.